The molecule has 0 amide bonds. The highest BCUT2D eigenvalue weighted by atomic mass is 16.6. The quantitative estimate of drug-likeness (QED) is 0.329. The van der Waals surface area contributed by atoms with E-state index < -0.39 is 0 Å². The third-order valence-electron chi connectivity index (χ3n) is 2.05. The van der Waals surface area contributed by atoms with E-state index in [0.717, 1.165) is 32.1 Å². The molecule has 0 fully saturated rings. The average molecular weight is 214 g/mol. The topological polar surface area (TPSA) is 64.3 Å². The lowest BCUT2D eigenvalue weighted by Gasteiger charge is -2.06. The summed E-state index contributed by atoms with van der Waals surface area (Å²) in [6.07, 6.45) is 5.76. The minimum Gasteiger partial charge on any atom is -0.330 e. The second-order valence-corrected chi connectivity index (χ2v) is 3.48. The molecular weight excluding hydrogens is 192 g/mol. The average Bonchev–Trinajstić information content (AvgIpc) is 2.27. The Kier molecular flexibility index (Phi) is 10.6. The maximum absolute atomic E-state index is 10.5. The van der Waals surface area contributed by atoms with E-state index in [1.165, 1.54) is 0 Å². The van der Waals surface area contributed by atoms with Gasteiger partial charge in [-0.3, -0.25) is 10.3 Å². The highest BCUT2D eigenvalue weighted by Crippen LogP contribution is 2.03. The lowest BCUT2D eigenvalue weighted by Crippen LogP contribution is -2.15. The van der Waals surface area contributed by atoms with Crippen molar-refractivity contribution in [3.8, 4) is 0 Å². The zero-order valence-electron chi connectivity index (χ0n) is 9.55. The van der Waals surface area contributed by atoms with Crippen LogP contribution in [0.15, 0.2) is 5.70 Å². The molecule has 0 atom stereocenters. The van der Waals surface area contributed by atoms with Gasteiger partial charge in [-0.25, -0.2) is 4.79 Å². The van der Waals surface area contributed by atoms with Crippen molar-refractivity contribution < 1.29 is 9.63 Å². The molecule has 0 saturated heterocycles. The molecule has 88 valence electrons. The number of rotatable bonds is 10. The number of nitrogens with one attached hydrogen (secondary N) is 1. The second kappa shape index (κ2) is 11.2. The van der Waals surface area contributed by atoms with Gasteiger partial charge in [0.2, 0.25) is 0 Å². The van der Waals surface area contributed by atoms with Gasteiger partial charge < -0.3 is 5.73 Å². The number of hydroxylamine groups is 1. The van der Waals surface area contributed by atoms with Crippen LogP contribution in [0.25, 0.3) is 0 Å². The molecule has 0 spiro atoms. The second-order valence-electron chi connectivity index (χ2n) is 3.48. The summed E-state index contributed by atoms with van der Waals surface area (Å²) in [5.41, 5.74) is 8.51. The molecule has 0 bridgehead atoms. The first-order valence-corrected chi connectivity index (χ1v) is 5.67. The van der Waals surface area contributed by atoms with E-state index in [9.17, 15) is 4.79 Å². The molecule has 0 aromatic heterocycles. The molecule has 0 aromatic rings. The van der Waals surface area contributed by atoms with Crippen LogP contribution in [0.2, 0.25) is 0 Å². The SMILES string of the molecule is CCCCONC(=C=O)CCCCCN. The van der Waals surface area contributed by atoms with Crippen LogP contribution in [0.1, 0.15) is 45.4 Å². The predicted molar refractivity (Wildman–Crippen MR) is 60.7 cm³/mol. The van der Waals surface area contributed by atoms with Gasteiger partial charge in [0, 0.05) is 6.42 Å². The largest absolute Gasteiger partial charge is 0.330 e. The van der Waals surface area contributed by atoms with Gasteiger partial charge in [-0.1, -0.05) is 19.8 Å². The number of carbonyl (C=O) groups excluding carboxylic acids is 1. The summed E-state index contributed by atoms with van der Waals surface area (Å²) in [7, 11) is 0. The third kappa shape index (κ3) is 9.47. The molecule has 0 saturated carbocycles. The molecule has 0 unspecified atom stereocenters. The van der Waals surface area contributed by atoms with Crippen molar-refractivity contribution in [2.45, 2.75) is 45.4 Å². The minimum absolute atomic E-state index is 0.503. The van der Waals surface area contributed by atoms with Crippen LogP contribution in [-0.4, -0.2) is 19.1 Å². The van der Waals surface area contributed by atoms with Crippen molar-refractivity contribution in [2.75, 3.05) is 13.2 Å². The Hall–Kier alpha value is -0.830. The molecule has 0 aliphatic rings. The number of hydrogen-bond donors (Lipinski definition) is 2. The smallest absolute Gasteiger partial charge is 0.147 e. The summed E-state index contributed by atoms with van der Waals surface area (Å²) in [5.74, 6) is 1.86. The van der Waals surface area contributed by atoms with Gasteiger partial charge in [0.05, 0.1) is 6.61 Å². The van der Waals surface area contributed by atoms with Crippen molar-refractivity contribution in [2.24, 2.45) is 5.73 Å². The van der Waals surface area contributed by atoms with Crippen molar-refractivity contribution in [3.05, 3.63) is 5.70 Å². The van der Waals surface area contributed by atoms with E-state index in [2.05, 4.69) is 12.4 Å². The lowest BCUT2D eigenvalue weighted by atomic mass is 10.2. The van der Waals surface area contributed by atoms with E-state index in [1.807, 2.05) is 5.94 Å². The first-order valence-electron chi connectivity index (χ1n) is 5.67. The van der Waals surface area contributed by atoms with Crippen molar-refractivity contribution in [1.82, 2.24) is 5.48 Å². The van der Waals surface area contributed by atoms with Gasteiger partial charge in [0.1, 0.15) is 11.6 Å². The van der Waals surface area contributed by atoms with Crippen molar-refractivity contribution >= 4 is 5.94 Å². The summed E-state index contributed by atoms with van der Waals surface area (Å²) < 4.78 is 0. The zero-order valence-corrected chi connectivity index (χ0v) is 9.55. The van der Waals surface area contributed by atoms with E-state index in [0.29, 0.717) is 25.3 Å². The Morgan fingerprint density at radius 1 is 1.33 bits per heavy atom. The summed E-state index contributed by atoms with van der Waals surface area (Å²) >= 11 is 0. The maximum atomic E-state index is 10.5. The molecule has 3 N–H and O–H groups in total. The van der Waals surface area contributed by atoms with Crippen LogP contribution in [0.4, 0.5) is 0 Å². The monoisotopic (exact) mass is 214 g/mol. The molecule has 0 aliphatic carbocycles. The van der Waals surface area contributed by atoms with Crippen molar-refractivity contribution in [1.29, 1.82) is 0 Å². The van der Waals surface area contributed by atoms with E-state index in [4.69, 9.17) is 10.6 Å². The van der Waals surface area contributed by atoms with Gasteiger partial charge >= 0.3 is 0 Å². The van der Waals surface area contributed by atoms with Crippen LogP contribution in [0.3, 0.4) is 0 Å². The van der Waals surface area contributed by atoms with Gasteiger partial charge in [0.25, 0.3) is 0 Å². The normalized spacial score (nSPS) is 9.73. The summed E-state index contributed by atoms with van der Waals surface area (Å²) in [4.78, 5) is 15.6. The number of nitrogens with two attached hydrogens (primary N) is 1. The highest BCUT2D eigenvalue weighted by Gasteiger charge is 1.98. The lowest BCUT2D eigenvalue weighted by molar-refractivity contribution is 0.0591. The fraction of sp³-hybridized carbons (Fsp3) is 0.818. The van der Waals surface area contributed by atoms with Gasteiger partial charge in [-0.05, 0) is 25.8 Å². The fourth-order valence-electron chi connectivity index (χ4n) is 1.10. The van der Waals surface area contributed by atoms with Gasteiger partial charge in [0.15, 0.2) is 0 Å². The third-order valence-corrected chi connectivity index (χ3v) is 2.05. The first-order chi connectivity index (χ1) is 7.35. The van der Waals surface area contributed by atoms with E-state index in [1.54, 1.807) is 0 Å². The van der Waals surface area contributed by atoms with Crippen LogP contribution in [-0.2, 0) is 9.63 Å². The molecule has 4 heteroatoms. The standard InChI is InChI=1S/C11H22N2O2/c1-2-3-9-15-13-11(10-14)7-5-4-6-8-12/h13H,2-9,12H2,1H3. The fourth-order valence-corrected chi connectivity index (χ4v) is 1.10. The number of unbranched alkanes of at least 4 members (excludes halogenated alkanes) is 3. The van der Waals surface area contributed by atoms with Crippen molar-refractivity contribution in [3.63, 3.8) is 0 Å². The van der Waals surface area contributed by atoms with Crippen LogP contribution >= 0.6 is 0 Å². The molecule has 0 rings (SSSR count). The van der Waals surface area contributed by atoms with Crippen LogP contribution < -0.4 is 11.2 Å². The van der Waals surface area contributed by atoms with E-state index >= 15 is 0 Å². The van der Waals surface area contributed by atoms with Gasteiger partial charge in [-0.2, -0.15) is 0 Å². The zero-order chi connectivity index (χ0) is 11.4. The summed E-state index contributed by atoms with van der Waals surface area (Å²) in [6.45, 7) is 3.43. The molecule has 0 aromatic carbocycles. The maximum Gasteiger partial charge on any atom is 0.147 e. The molecule has 15 heavy (non-hydrogen) atoms. The number of hydrogen-bond acceptors (Lipinski definition) is 4. The Morgan fingerprint density at radius 3 is 2.73 bits per heavy atom. The van der Waals surface area contributed by atoms with Gasteiger partial charge in [-0.15, -0.1) is 0 Å². The molecular formula is C11H22N2O2. The van der Waals surface area contributed by atoms with Crippen LogP contribution in [0.5, 0.6) is 0 Å². The first kappa shape index (κ1) is 14.2. The summed E-state index contributed by atoms with van der Waals surface area (Å²) in [5, 5.41) is 0. The number of allylic oxidation sites excluding steroid dienone is 1. The Balaban J connectivity index is 3.44. The molecule has 4 nitrogen and oxygen atoms in total. The minimum atomic E-state index is 0.503. The summed E-state index contributed by atoms with van der Waals surface area (Å²) in [6, 6.07) is 0. The predicted octanol–water partition coefficient (Wildman–Crippen LogP) is 1.54. The van der Waals surface area contributed by atoms with Crippen LogP contribution in [0, 0.1) is 0 Å². The Morgan fingerprint density at radius 2 is 2.13 bits per heavy atom. The molecule has 0 heterocycles. The molecule has 0 radical (unpaired) electrons. The Labute approximate surface area is 91.8 Å². The highest BCUT2D eigenvalue weighted by molar-refractivity contribution is 5.50. The van der Waals surface area contributed by atoms with E-state index in [-0.39, 0.29) is 0 Å². The Bertz CT molecular complexity index is 175. The molecule has 0 aliphatic heterocycles.